The summed E-state index contributed by atoms with van der Waals surface area (Å²) in [6.07, 6.45) is 0. The topological polar surface area (TPSA) is 436 Å². The van der Waals surface area contributed by atoms with E-state index in [1.807, 2.05) is 207 Å². The fraction of sp³-hybridized carbons (Fsp3) is 0.345. The number of aliphatic imine (C=N–C) groups is 1. The number of aliphatic hydroxyl groups excluding tert-OH is 3. The Morgan fingerprint density at radius 2 is 0.891 bits per heavy atom. The number of fused-ring (bicyclic) bond motifs is 17. The minimum absolute atomic E-state index is 0.0773. The molecular weight excluding hydrogens is 2100 g/mol. The SMILES string of the molecule is Brc1ccc(NC2=NC3(COC2)COCc2ccccc23)c(Br)n1.Brc1ccc2nc3n(c2n1)C1(COCc2ccccc21)COC3.CC1(C(=O)O)COCc2ccccc21.CC1(CO)COCc2ccccc21.NC1(CO)COCc2ccccc21.O=C(CCl)NC1(CO)COCc2ccccc21.O=C1COCC2(COCc3ccccc32)N1.O=C1COCc2ccccc21.O=C1NC(=O)C2(COCc3ccccc32)N1. The molecule has 16 heterocycles. The van der Waals surface area contributed by atoms with E-state index in [4.69, 9.17) is 89.3 Å². The van der Waals surface area contributed by atoms with Crippen LogP contribution in [0.5, 0.6) is 0 Å². The van der Waals surface area contributed by atoms with E-state index in [1.54, 1.807) is 6.92 Å². The van der Waals surface area contributed by atoms with Gasteiger partial charge in [0.25, 0.3) is 5.91 Å². The molecular formula is C110H113Br3ClN11O22. The van der Waals surface area contributed by atoms with Gasteiger partial charge >= 0.3 is 12.0 Å². The first kappa shape index (κ1) is 107. The van der Waals surface area contributed by atoms with Gasteiger partial charge in [-0.25, -0.2) is 19.7 Å². The number of urea groups is 1. The van der Waals surface area contributed by atoms with Gasteiger partial charge in [-0.15, -0.1) is 11.6 Å². The maximum Gasteiger partial charge on any atom is 0.322 e. The van der Waals surface area contributed by atoms with E-state index in [1.165, 1.54) is 33.4 Å². The molecule has 13 aliphatic rings. The number of ether oxygens (including phenoxy) is 12. The number of nitrogens with zero attached hydrogens (tertiary/aromatic N) is 5. The Bertz CT molecular complexity index is 6780. The number of carboxylic acids is 1. The standard InChI is InChI=1S/C17H15Br2N3O2.C17H14BrN3O2.C12H14ClNO3.C12H13NO3.C11H10N2O3.C11H12O3.C11H14O2.C10H13NO2.C9H8O2/c18-14-6-5-13(16(19)21-14)20-15-8-24-10-17(22-15)9-23-7-11-3-1-2-4-12(11)17;18-14-6-5-13-16(20-14)21-15(19-13)8-23-10-17(21)9-22-7-11-3-1-2-4-12(11)17;13-5-11(16)14-12(7-15)8-17-6-9-3-1-2-4-10(9)12;14-11-6-16-8-12(13-11)7-15-5-9-3-1-2-4-10(9)12;14-9-11(13-10(15)12-9)6-16-5-7-3-1-2-4-8(7)11;1-11(10(12)13)7-14-6-8-4-2-3-5-9(8)11;1-11(7-12)8-13-6-9-4-2-3-5-10(9)11;11-10(6-12)7-13-5-8-3-1-2-4-9(8)10;10-9-6-11-5-7-3-1-2-4-8(7)9/h1-6H,7-10H2,(H,20,22);1-6H,7-10H2;1-4,15H,5-8H2,(H,14,16);1-4H,5-8H2,(H,13,14);1-4H,5-6H2,(H2,12,13,14,15);2-5H,6-7H2,1H3,(H,12,13);2-5,12H,6-8H2,1H3;1-4,12H,5-7,11H2;1-4H,5-6H2. The lowest BCUT2D eigenvalue weighted by Gasteiger charge is -2.43. The van der Waals surface area contributed by atoms with Crippen LogP contribution in [0, 0.1) is 0 Å². The van der Waals surface area contributed by atoms with Gasteiger partial charge in [-0.05, 0) is 174 Å². The van der Waals surface area contributed by atoms with Crippen LogP contribution in [-0.2, 0) is 186 Å². The number of aliphatic hydroxyl groups is 3. The van der Waals surface area contributed by atoms with E-state index in [2.05, 4.69) is 131 Å². The molecule has 768 valence electrons. The Morgan fingerprint density at radius 3 is 1.49 bits per heavy atom. The first-order chi connectivity index (χ1) is 71.2. The van der Waals surface area contributed by atoms with Crippen LogP contribution in [0.1, 0.15) is 125 Å². The zero-order chi connectivity index (χ0) is 103. The van der Waals surface area contributed by atoms with Crippen LogP contribution in [0.15, 0.2) is 261 Å². The van der Waals surface area contributed by atoms with Gasteiger partial charge in [0.15, 0.2) is 17.0 Å². The van der Waals surface area contributed by atoms with Crippen molar-refractivity contribution < 1.29 is 106 Å². The third kappa shape index (κ3) is 23.4. The van der Waals surface area contributed by atoms with Gasteiger partial charge in [0.2, 0.25) is 11.8 Å². The minimum Gasteiger partial charge on any atom is -0.481 e. The number of Topliss-reactive ketones (excluding diaryl/α,β-unsaturated/α-hetero) is 1. The molecule has 9 aromatic carbocycles. The first-order valence-corrected chi connectivity index (χ1v) is 50.7. The molecule has 13 aliphatic heterocycles. The highest BCUT2D eigenvalue weighted by molar-refractivity contribution is 9.11. The number of nitrogens with two attached hydrogens (primary N) is 1. The predicted molar refractivity (Wildman–Crippen MR) is 553 cm³/mol. The number of hydrogen-bond donors (Lipinski definition) is 10. The number of carbonyl (C=O) groups is 6. The summed E-state index contributed by atoms with van der Waals surface area (Å²) < 4.78 is 70.8. The number of aliphatic carboxylic acids is 1. The fourth-order valence-electron chi connectivity index (χ4n) is 20.1. The van der Waals surface area contributed by atoms with Crippen molar-refractivity contribution in [1.29, 1.82) is 0 Å². The predicted octanol–water partition coefficient (Wildman–Crippen LogP) is 13.2. The molecule has 4 spiro atoms. The smallest absolute Gasteiger partial charge is 0.322 e. The molecule has 2 fully saturated rings. The average molecular weight is 2220 g/mol. The zero-order valence-corrected chi connectivity index (χ0v) is 86.4. The molecule has 5 amide bonds. The molecule has 11 N–H and O–H groups in total. The molecule has 147 heavy (non-hydrogen) atoms. The molecule has 0 saturated carbocycles. The number of amides is 5. The second kappa shape index (κ2) is 47.5. The Balaban J connectivity index is 0.000000114. The molecule has 0 aliphatic carbocycles. The highest BCUT2D eigenvalue weighted by atomic mass is 79.9. The molecule has 2 saturated heterocycles. The third-order valence-electron chi connectivity index (χ3n) is 27.5. The van der Waals surface area contributed by atoms with Crippen LogP contribution in [-0.4, -0.2) is 199 Å². The number of anilines is 1. The van der Waals surface area contributed by atoms with E-state index >= 15 is 0 Å². The maximum absolute atomic E-state index is 11.8. The van der Waals surface area contributed by atoms with Crippen molar-refractivity contribution in [3.63, 3.8) is 0 Å². The summed E-state index contributed by atoms with van der Waals surface area (Å²) in [6.45, 7) is 14.9. The number of imidazole rings is 1. The highest BCUT2D eigenvalue weighted by Gasteiger charge is 2.52. The summed E-state index contributed by atoms with van der Waals surface area (Å²) in [5.74, 6) is 0.0569. The molecule has 3 aromatic heterocycles. The Hall–Kier alpha value is -11.7. The number of alkyl halides is 1. The number of aromatic nitrogens is 4. The van der Waals surface area contributed by atoms with Crippen LogP contribution in [0.4, 0.5) is 10.5 Å². The monoisotopic (exact) mass is 2210 g/mol. The molecule has 12 aromatic rings. The first-order valence-electron chi connectivity index (χ1n) is 47.8. The van der Waals surface area contributed by atoms with Crippen molar-refractivity contribution in [3.8, 4) is 0 Å². The van der Waals surface area contributed by atoms with Crippen LogP contribution in [0.3, 0.4) is 0 Å². The number of imide groups is 1. The van der Waals surface area contributed by atoms with Crippen LogP contribution in [0.2, 0.25) is 0 Å². The maximum atomic E-state index is 11.8. The van der Waals surface area contributed by atoms with E-state index < -0.39 is 50.6 Å². The van der Waals surface area contributed by atoms with Crippen molar-refractivity contribution in [2.24, 2.45) is 10.7 Å². The number of pyridine rings is 2. The van der Waals surface area contributed by atoms with Crippen LogP contribution in [0.25, 0.3) is 11.2 Å². The Morgan fingerprint density at radius 1 is 0.429 bits per heavy atom. The third-order valence-corrected chi connectivity index (χ3v) is 29.2. The number of benzene rings is 9. The molecule has 8 unspecified atom stereocenters. The number of hydrogen-bond acceptors (Lipinski definition) is 27. The average Bonchev–Trinajstić information content (AvgIpc) is 1.58. The quantitative estimate of drug-likeness (QED) is 0.0402. The number of carboxylic acid groups (broad SMARTS) is 1. The van der Waals surface area contributed by atoms with Gasteiger partial charge in [-0.3, -0.25) is 38.8 Å². The summed E-state index contributed by atoms with van der Waals surface area (Å²) in [6, 6.07) is 78.1. The van der Waals surface area contributed by atoms with E-state index in [-0.39, 0.29) is 87.7 Å². The van der Waals surface area contributed by atoms with Gasteiger partial charge in [0, 0.05) is 11.0 Å². The molecule has 33 nitrogen and oxygen atoms in total. The van der Waals surface area contributed by atoms with Gasteiger partial charge in [0.1, 0.15) is 90.9 Å². The summed E-state index contributed by atoms with van der Waals surface area (Å²) in [5, 5.41) is 51.2. The highest BCUT2D eigenvalue weighted by Crippen LogP contribution is 2.44. The summed E-state index contributed by atoms with van der Waals surface area (Å²) in [4.78, 5) is 87.0. The number of amidine groups is 1. The summed E-state index contributed by atoms with van der Waals surface area (Å²) in [5.41, 5.74) is 22.4. The van der Waals surface area contributed by atoms with E-state index in [0.717, 1.165) is 109 Å². The van der Waals surface area contributed by atoms with Crippen molar-refractivity contribution in [3.05, 3.63) is 362 Å². The van der Waals surface area contributed by atoms with Gasteiger partial charge in [0.05, 0.1) is 163 Å². The Labute approximate surface area is 879 Å². The second-order valence-corrected chi connectivity index (χ2v) is 40.5. The normalized spacial score (nSPS) is 24.5. The van der Waals surface area contributed by atoms with Crippen molar-refractivity contribution in [2.45, 2.75) is 124 Å². The number of nitrogens with one attached hydrogen (secondary N) is 5. The number of carbonyl (C=O) groups excluding carboxylic acids is 5. The van der Waals surface area contributed by atoms with Crippen molar-refractivity contribution in [2.75, 3.05) is 124 Å². The summed E-state index contributed by atoms with van der Waals surface area (Å²) in [7, 11) is 0. The number of halogens is 4. The van der Waals surface area contributed by atoms with E-state index in [0.29, 0.717) is 126 Å². The lowest BCUT2D eigenvalue weighted by atomic mass is 9.79. The lowest BCUT2D eigenvalue weighted by Crippen LogP contribution is -2.58. The lowest BCUT2D eigenvalue weighted by molar-refractivity contribution is -0.147. The summed E-state index contributed by atoms with van der Waals surface area (Å²) >= 11 is 15.8. The van der Waals surface area contributed by atoms with E-state index in [9.17, 15) is 44.1 Å². The number of morpholine rings is 1. The molecule has 37 heteroatoms. The number of rotatable bonds is 7. The largest absolute Gasteiger partial charge is 0.481 e. The van der Waals surface area contributed by atoms with Crippen LogP contribution < -0.4 is 32.3 Å². The molecule has 0 radical (unpaired) electrons. The van der Waals surface area contributed by atoms with Gasteiger partial charge in [-0.1, -0.05) is 225 Å². The van der Waals surface area contributed by atoms with Crippen molar-refractivity contribution in [1.82, 2.24) is 40.8 Å². The van der Waals surface area contributed by atoms with Crippen molar-refractivity contribution >= 4 is 118 Å². The van der Waals surface area contributed by atoms with Gasteiger partial charge in [-0.2, -0.15) is 0 Å². The number of ketones is 1. The zero-order valence-electron chi connectivity index (χ0n) is 80.9. The second-order valence-electron chi connectivity index (χ2n) is 37.8. The fourth-order valence-corrected chi connectivity index (χ4v) is 21.4. The van der Waals surface area contributed by atoms with Crippen LogP contribution >= 0.6 is 59.4 Å². The molecule has 0 bridgehead atoms. The minimum atomic E-state index is -1.04. The molecule has 8 atom stereocenters. The Kier molecular flexibility index (Phi) is 34.4. The molecule has 25 rings (SSSR count). The van der Waals surface area contributed by atoms with Gasteiger partial charge < -0.3 is 104 Å².